The van der Waals surface area contributed by atoms with Crippen molar-refractivity contribution < 1.29 is 14.3 Å². The molecule has 0 aromatic heterocycles. The molecular weight excluding hydrogens is 342 g/mol. The molecule has 2 aromatic rings. The summed E-state index contributed by atoms with van der Waals surface area (Å²) in [5.74, 6) is -0.00929. The standard InChI is InChI=1S/C21H21N3O3/c1-15(27-19-10-3-2-7-17(19)14-22)20(25)23-18-9-6-8-16(13-18)21(26)24-11-4-5-12-24/h2-3,6-10,13,15H,4-5,11-12H2,1H3,(H,23,25). The first kappa shape index (κ1) is 18.5. The number of anilines is 1. The smallest absolute Gasteiger partial charge is 0.265 e. The second-order valence-corrected chi connectivity index (χ2v) is 6.44. The van der Waals surface area contributed by atoms with Gasteiger partial charge in [0.15, 0.2) is 6.10 Å². The Bertz CT molecular complexity index is 882. The van der Waals surface area contributed by atoms with Crippen LogP contribution in [0.5, 0.6) is 5.75 Å². The van der Waals surface area contributed by atoms with E-state index in [0.29, 0.717) is 22.6 Å². The van der Waals surface area contributed by atoms with Gasteiger partial charge in [0.05, 0.1) is 5.56 Å². The van der Waals surface area contributed by atoms with Crippen LogP contribution in [0.15, 0.2) is 48.5 Å². The number of benzene rings is 2. The van der Waals surface area contributed by atoms with Crippen molar-refractivity contribution in [3.8, 4) is 11.8 Å². The van der Waals surface area contributed by atoms with Crippen molar-refractivity contribution in [2.75, 3.05) is 18.4 Å². The summed E-state index contributed by atoms with van der Waals surface area (Å²) in [6.45, 7) is 3.17. The van der Waals surface area contributed by atoms with E-state index in [0.717, 1.165) is 25.9 Å². The van der Waals surface area contributed by atoms with E-state index in [1.807, 2.05) is 11.0 Å². The monoisotopic (exact) mass is 363 g/mol. The molecule has 1 atom stereocenters. The minimum absolute atomic E-state index is 0.0177. The van der Waals surface area contributed by atoms with Gasteiger partial charge in [-0.15, -0.1) is 0 Å². The van der Waals surface area contributed by atoms with Crippen LogP contribution in [0.25, 0.3) is 0 Å². The van der Waals surface area contributed by atoms with Gasteiger partial charge >= 0.3 is 0 Å². The van der Waals surface area contributed by atoms with Crippen molar-refractivity contribution in [2.45, 2.75) is 25.9 Å². The maximum Gasteiger partial charge on any atom is 0.265 e. The largest absolute Gasteiger partial charge is 0.480 e. The van der Waals surface area contributed by atoms with Crippen molar-refractivity contribution >= 4 is 17.5 Å². The lowest BCUT2D eigenvalue weighted by Gasteiger charge is -2.17. The Kier molecular flexibility index (Phi) is 5.72. The minimum atomic E-state index is -0.794. The molecular formula is C21H21N3O3. The van der Waals surface area contributed by atoms with Crippen molar-refractivity contribution in [3.05, 3.63) is 59.7 Å². The molecule has 6 nitrogen and oxygen atoms in total. The third-order valence-corrected chi connectivity index (χ3v) is 4.45. The molecule has 1 aliphatic heterocycles. The van der Waals surface area contributed by atoms with Gasteiger partial charge in [0.2, 0.25) is 0 Å². The van der Waals surface area contributed by atoms with Crippen LogP contribution >= 0.6 is 0 Å². The third-order valence-electron chi connectivity index (χ3n) is 4.45. The molecule has 1 fully saturated rings. The highest BCUT2D eigenvalue weighted by Gasteiger charge is 2.21. The molecule has 2 aromatic carbocycles. The van der Waals surface area contributed by atoms with Crippen LogP contribution in [0, 0.1) is 11.3 Å². The fraction of sp³-hybridized carbons (Fsp3) is 0.286. The Labute approximate surface area is 158 Å². The lowest BCUT2D eigenvalue weighted by atomic mass is 10.1. The Morgan fingerprint density at radius 1 is 1.15 bits per heavy atom. The second kappa shape index (κ2) is 8.37. The zero-order valence-corrected chi connectivity index (χ0v) is 15.1. The highest BCUT2D eigenvalue weighted by molar-refractivity contribution is 5.98. The molecule has 0 bridgehead atoms. The summed E-state index contributed by atoms with van der Waals surface area (Å²) in [5.41, 5.74) is 1.46. The SMILES string of the molecule is CC(Oc1ccccc1C#N)C(=O)Nc1cccc(C(=O)N2CCCC2)c1. The molecule has 2 amide bonds. The fourth-order valence-corrected chi connectivity index (χ4v) is 2.98. The van der Waals surface area contributed by atoms with Crippen LogP contribution in [0.2, 0.25) is 0 Å². The van der Waals surface area contributed by atoms with Crippen molar-refractivity contribution in [1.29, 1.82) is 5.26 Å². The summed E-state index contributed by atoms with van der Waals surface area (Å²) in [6.07, 6.45) is 1.26. The van der Waals surface area contributed by atoms with Crippen LogP contribution in [-0.2, 0) is 4.79 Å². The zero-order valence-electron chi connectivity index (χ0n) is 15.1. The Balaban J connectivity index is 1.66. The van der Waals surface area contributed by atoms with E-state index in [9.17, 15) is 9.59 Å². The van der Waals surface area contributed by atoms with Crippen LogP contribution in [0.3, 0.4) is 0 Å². The first-order valence-corrected chi connectivity index (χ1v) is 8.94. The van der Waals surface area contributed by atoms with Crippen molar-refractivity contribution in [3.63, 3.8) is 0 Å². The maximum atomic E-state index is 12.5. The highest BCUT2D eigenvalue weighted by Crippen LogP contribution is 2.20. The van der Waals surface area contributed by atoms with Gasteiger partial charge in [-0.1, -0.05) is 18.2 Å². The van der Waals surface area contributed by atoms with Gasteiger partial charge in [0.1, 0.15) is 11.8 Å². The average Bonchev–Trinajstić information content (AvgIpc) is 3.22. The maximum absolute atomic E-state index is 12.5. The zero-order chi connectivity index (χ0) is 19.2. The molecule has 1 unspecified atom stereocenters. The fourth-order valence-electron chi connectivity index (χ4n) is 2.98. The molecule has 1 aliphatic rings. The van der Waals surface area contributed by atoms with Crippen LogP contribution in [0.1, 0.15) is 35.7 Å². The molecule has 1 saturated heterocycles. The number of likely N-dealkylation sites (tertiary alicyclic amines) is 1. The van der Waals surface area contributed by atoms with E-state index < -0.39 is 6.10 Å². The van der Waals surface area contributed by atoms with Gasteiger partial charge in [-0.25, -0.2) is 0 Å². The van der Waals surface area contributed by atoms with E-state index in [1.165, 1.54) is 0 Å². The molecule has 0 aliphatic carbocycles. The Morgan fingerprint density at radius 2 is 1.89 bits per heavy atom. The van der Waals surface area contributed by atoms with Gasteiger partial charge in [-0.05, 0) is 50.1 Å². The summed E-state index contributed by atoms with van der Waals surface area (Å²) in [7, 11) is 0. The van der Waals surface area contributed by atoms with Gasteiger partial charge in [-0.2, -0.15) is 5.26 Å². The average molecular weight is 363 g/mol. The predicted octanol–water partition coefficient (Wildman–Crippen LogP) is 3.20. The Morgan fingerprint density at radius 3 is 2.63 bits per heavy atom. The number of para-hydroxylation sites is 1. The summed E-state index contributed by atoms with van der Waals surface area (Å²) in [5, 5.41) is 11.9. The summed E-state index contributed by atoms with van der Waals surface area (Å²) in [4.78, 5) is 26.8. The number of hydrogen-bond acceptors (Lipinski definition) is 4. The molecule has 27 heavy (non-hydrogen) atoms. The molecule has 3 rings (SSSR count). The highest BCUT2D eigenvalue weighted by atomic mass is 16.5. The first-order chi connectivity index (χ1) is 13.1. The molecule has 0 radical (unpaired) electrons. The number of carbonyl (C=O) groups excluding carboxylic acids is 2. The number of ether oxygens (including phenoxy) is 1. The molecule has 138 valence electrons. The van der Waals surface area contributed by atoms with Crippen LogP contribution < -0.4 is 10.1 Å². The van der Waals surface area contributed by atoms with E-state index in [4.69, 9.17) is 10.00 Å². The van der Waals surface area contributed by atoms with E-state index in [2.05, 4.69) is 5.32 Å². The molecule has 6 heteroatoms. The van der Waals surface area contributed by atoms with E-state index in [-0.39, 0.29) is 11.8 Å². The lowest BCUT2D eigenvalue weighted by Crippen LogP contribution is -2.31. The van der Waals surface area contributed by atoms with Crippen LogP contribution in [0.4, 0.5) is 5.69 Å². The second-order valence-electron chi connectivity index (χ2n) is 6.44. The third kappa shape index (κ3) is 4.45. The van der Waals surface area contributed by atoms with E-state index in [1.54, 1.807) is 55.5 Å². The predicted molar refractivity (Wildman–Crippen MR) is 101 cm³/mol. The van der Waals surface area contributed by atoms with Crippen molar-refractivity contribution in [2.24, 2.45) is 0 Å². The molecule has 0 spiro atoms. The van der Waals surface area contributed by atoms with Crippen LogP contribution in [-0.4, -0.2) is 35.9 Å². The van der Waals surface area contributed by atoms with Gasteiger partial charge in [0, 0.05) is 24.3 Å². The lowest BCUT2D eigenvalue weighted by molar-refractivity contribution is -0.122. The summed E-state index contributed by atoms with van der Waals surface area (Å²) < 4.78 is 5.62. The normalized spacial score (nSPS) is 14.3. The Hall–Kier alpha value is -3.33. The molecule has 1 heterocycles. The summed E-state index contributed by atoms with van der Waals surface area (Å²) >= 11 is 0. The first-order valence-electron chi connectivity index (χ1n) is 8.94. The van der Waals surface area contributed by atoms with Gasteiger partial charge in [-0.3, -0.25) is 9.59 Å². The number of carbonyl (C=O) groups is 2. The topological polar surface area (TPSA) is 82.4 Å². The van der Waals surface area contributed by atoms with Gasteiger partial charge in [0.25, 0.3) is 11.8 Å². The summed E-state index contributed by atoms with van der Waals surface area (Å²) in [6, 6.07) is 15.7. The number of nitrogens with one attached hydrogen (secondary N) is 1. The number of rotatable bonds is 5. The molecule has 0 saturated carbocycles. The van der Waals surface area contributed by atoms with E-state index >= 15 is 0 Å². The van der Waals surface area contributed by atoms with Gasteiger partial charge < -0.3 is 15.0 Å². The minimum Gasteiger partial charge on any atom is -0.480 e. The number of hydrogen-bond donors (Lipinski definition) is 1. The number of amides is 2. The molecule has 1 N–H and O–H groups in total. The quantitative estimate of drug-likeness (QED) is 0.884. The van der Waals surface area contributed by atoms with Crippen molar-refractivity contribution in [1.82, 2.24) is 4.90 Å². The number of nitriles is 1. The number of nitrogens with zero attached hydrogens (tertiary/aromatic N) is 2.